The maximum absolute atomic E-state index is 13.5. The average Bonchev–Trinajstić information content (AvgIpc) is 3.41. The monoisotopic (exact) mass is 546 g/mol. The van der Waals surface area contributed by atoms with E-state index in [0.29, 0.717) is 11.1 Å². The van der Waals surface area contributed by atoms with Crippen molar-refractivity contribution in [2.45, 2.75) is 18.1 Å². The molecule has 0 aliphatic carbocycles. The summed E-state index contributed by atoms with van der Waals surface area (Å²) in [5, 5.41) is 3.56. The first-order valence-corrected chi connectivity index (χ1v) is 13.3. The Bertz CT molecular complexity index is 1510. The Hall–Kier alpha value is -5.17. The van der Waals surface area contributed by atoms with Gasteiger partial charge in [0.25, 0.3) is 0 Å². The third-order valence-electron chi connectivity index (χ3n) is 7.04. The summed E-state index contributed by atoms with van der Waals surface area (Å²) in [6.07, 6.45) is 3.45. The number of methoxy groups -OCH3 is 1. The molecule has 0 aromatic heterocycles. The first-order valence-electron chi connectivity index (χ1n) is 13.3. The van der Waals surface area contributed by atoms with E-state index in [1.807, 2.05) is 84.9 Å². The molecule has 1 aliphatic heterocycles. The lowest BCUT2D eigenvalue weighted by molar-refractivity contribution is -0.130. The number of carbonyl (C=O) groups excluding carboxylic acids is 3. The van der Waals surface area contributed by atoms with Crippen LogP contribution in [0.4, 0.5) is 5.69 Å². The van der Waals surface area contributed by atoms with Gasteiger partial charge in [0.05, 0.1) is 36.4 Å². The van der Waals surface area contributed by atoms with E-state index in [9.17, 15) is 14.4 Å². The zero-order chi connectivity index (χ0) is 28.6. The number of hydrogen-bond donors (Lipinski definition) is 1. The van der Waals surface area contributed by atoms with E-state index in [1.54, 1.807) is 47.4 Å². The van der Waals surface area contributed by atoms with Gasteiger partial charge < -0.3 is 19.7 Å². The number of amides is 1. The molecule has 0 saturated carbocycles. The van der Waals surface area contributed by atoms with Crippen LogP contribution in [0.25, 0.3) is 0 Å². The molecule has 0 saturated heterocycles. The predicted octanol–water partition coefficient (Wildman–Crippen LogP) is 5.99. The zero-order valence-electron chi connectivity index (χ0n) is 22.6. The topological polar surface area (TPSA) is 84.9 Å². The van der Waals surface area contributed by atoms with Gasteiger partial charge in [-0.2, -0.15) is 0 Å². The molecule has 206 valence electrons. The molecular formula is C34H30N2O5. The summed E-state index contributed by atoms with van der Waals surface area (Å²) in [6.45, 7) is -0.0169. The molecule has 0 fully saturated rings. The summed E-state index contributed by atoms with van der Waals surface area (Å²) in [6, 6.07) is 33.9. The number of anilines is 1. The molecule has 2 unspecified atom stereocenters. The molecule has 7 nitrogen and oxygen atoms in total. The van der Waals surface area contributed by atoms with Crippen molar-refractivity contribution in [2.24, 2.45) is 0 Å². The lowest BCUT2D eigenvalue weighted by atomic mass is 9.96. The van der Waals surface area contributed by atoms with Crippen LogP contribution in [-0.2, 0) is 14.3 Å². The van der Waals surface area contributed by atoms with E-state index >= 15 is 0 Å². The molecule has 0 bridgehead atoms. The third kappa shape index (κ3) is 6.36. The van der Waals surface area contributed by atoms with Crippen LogP contribution in [0.5, 0.6) is 0 Å². The van der Waals surface area contributed by atoms with Gasteiger partial charge in [-0.15, -0.1) is 0 Å². The van der Waals surface area contributed by atoms with Crippen molar-refractivity contribution in [1.82, 2.24) is 4.90 Å². The van der Waals surface area contributed by atoms with Gasteiger partial charge in [-0.25, -0.2) is 9.59 Å². The number of esters is 2. The van der Waals surface area contributed by atoms with Crippen molar-refractivity contribution in [2.75, 3.05) is 19.0 Å². The minimum absolute atomic E-state index is 0.0169. The highest BCUT2D eigenvalue weighted by molar-refractivity contribution is 5.92. The summed E-state index contributed by atoms with van der Waals surface area (Å²) < 4.78 is 10.6. The molecule has 7 heteroatoms. The second-order valence-corrected chi connectivity index (χ2v) is 9.59. The number of carbonyl (C=O) groups is 3. The largest absolute Gasteiger partial charge is 0.465 e. The lowest BCUT2D eigenvalue weighted by Gasteiger charge is -2.38. The van der Waals surface area contributed by atoms with Gasteiger partial charge in [0, 0.05) is 11.8 Å². The minimum Gasteiger partial charge on any atom is -0.465 e. The smallest absolute Gasteiger partial charge is 0.338 e. The van der Waals surface area contributed by atoms with Crippen molar-refractivity contribution in [3.63, 3.8) is 0 Å². The SMILES string of the molecule is COC(=O)c1ccc(NC(c2ccccc2)C2C=CC(=O)N2[C@@H](COC(=O)c2ccccc2)c2ccccc2)cc1. The van der Waals surface area contributed by atoms with E-state index in [1.165, 1.54) is 7.11 Å². The maximum atomic E-state index is 13.5. The predicted molar refractivity (Wildman–Crippen MR) is 156 cm³/mol. The first-order chi connectivity index (χ1) is 20.0. The Labute approximate surface area is 239 Å². The summed E-state index contributed by atoms with van der Waals surface area (Å²) >= 11 is 0. The fourth-order valence-electron chi connectivity index (χ4n) is 4.99. The van der Waals surface area contributed by atoms with Crippen LogP contribution in [0.2, 0.25) is 0 Å². The van der Waals surface area contributed by atoms with Gasteiger partial charge >= 0.3 is 11.9 Å². The van der Waals surface area contributed by atoms with Crippen molar-refractivity contribution >= 4 is 23.5 Å². The Morgan fingerprint density at radius 2 is 1.32 bits per heavy atom. The summed E-state index contributed by atoms with van der Waals surface area (Å²) in [5.74, 6) is -1.04. The van der Waals surface area contributed by atoms with Crippen LogP contribution in [0, 0.1) is 0 Å². The second-order valence-electron chi connectivity index (χ2n) is 9.59. The van der Waals surface area contributed by atoms with E-state index < -0.39 is 24.0 Å². The molecule has 4 aromatic carbocycles. The fourth-order valence-corrected chi connectivity index (χ4v) is 4.99. The van der Waals surface area contributed by atoms with E-state index in [0.717, 1.165) is 16.8 Å². The Kier molecular flexibility index (Phi) is 8.55. The summed E-state index contributed by atoms with van der Waals surface area (Å²) in [5.41, 5.74) is 3.47. The van der Waals surface area contributed by atoms with E-state index in [2.05, 4.69) is 5.32 Å². The highest BCUT2D eigenvalue weighted by Gasteiger charge is 2.39. The number of rotatable bonds is 10. The maximum Gasteiger partial charge on any atom is 0.338 e. The van der Waals surface area contributed by atoms with Crippen LogP contribution in [0.15, 0.2) is 127 Å². The van der Waals surface area contributed by atoms with Gasteiger partial charge in [0.2, 0.25) is 5.91 Å². The Morgan fingerprint density at radius 1 is 0.756 bits per heavy atom. The lowest BCUT2D eigenvalue weighted by Crippen LogP contribution is -2.44. The Morgan fingerprint density at radius 3 is 1.93 bits per heavy atom. The molecule has 41 heavy (non-hydrogen) atoms. The van der Waals surface area contributed by atoms with Crippen molar-refractivity contribution in [3.05, 3.63) is 150 Å². The standard InChI is InChI=1S/C34H30N2O5/c1-40-33(38)27-17-19-28(20-18-27)35-32(25-13-7-3-8-14-25)29-21-22-31(37)36(29)30(24-11-5-2-6-12-24)23-41-34(39)26-15-9-4-10-16-26/h2-22,29-30,32,35H,23H2,1H3/t29?,30-,32?/m0/s1. The van der Waals surface area contributed by atoms with Gasteiger partial charge in [0.1, 0.15) is 6.61 Å². The van der Waals surface area contributed by atoms with Crippen LogP contribution in [0.3, 0.4) is 0 Å². The summed E-state index contributed by atoms with van der Waals surface area (Å²) in [4.78, 5) is 40.0. The molecule has 1 aliphatic rings. The zero-order valence-corrected chi connectivity index (χ0v) is 22.6. The molecule has 3 atom stereocenters. The normalized spacial score (nSPS) is 15.7. The van der Waals surface area contributed by atoms with Crippen molar-refractivity contribution in [3.8, 4) is 0 Å². The van der Waals surface area contributed by atoms with Gasteiger partial charge in [-0.3, -0.25) is 4.79 Å². The summed E-state index contributed by atoms with van der Waals surface area (Å²) in [7, 11) is 1.35. The van der Waals surface area contributed by atoms with Crippen molar-refractivity contribution < 1.29 is 23.9 Å². The molecule has 1 amide bonds. The number of hydrogen-bond acceptors (Lipinski definition) is 6. The molecule has 4 aromatic rings. The quantitative estimate of drug-likeness (QED) is 0.246. The number of ether oxygens (including phenoxy) is 2. The van der Waals surface area contributed by atoms with E-state index in [4.69, 9.17) is 9.47 Å². The second kappa shape index (κ2) is 12.8. The van der Waals surface area contributed by atoms with E-state index in [-0.39, 0.29) is 18.6 Å². The molecular weight excluding hydrogens is 516 g/mol. The van der Waals surface area contributed by atoms with Crippen LogP contribution < -0.4 is 5.32 Å². The molecule has 0 radical (unpaired) electrons. The average molecular weight is 547 g/mol. The highest BCUT2D eigenvalue weighted by atomic mass is 16.5. The first kappa shape index (κ1) is 27.4. The molecule has 1 heterocycles. The van der Waals surface area contributed by atoms with Crippen LogP contribution in [0.1, 0.15) is 43.9 Å². The number of nitrogens with zero attached hydrogens (tertiary/aromatic N) is 1. The van der Waals surface area contributed by atoms with Gasteiger partial charge in [-0.1, -0.05) is 84.9 Å². The van der Waals surface area contributed by atoms with Crippen LogP contribution >= 0.6 is 0 Å². The fraction of sp³-hybridized carbons (Fsp3) is 0.147. The molecule has 1 N–H and O–H groups in total. The molecule has 0 spiro atoms. The number of nitrogens with one attached hydrogen (secondary N) is 1. The van der Waals surface area contributed by atoms with Crippen molar-refractivity contribution in [1.29, 1.82) is 0 Å². The molecule has 5 rings (SSSR count). The Balaban J connectivity index is 1.47. The number of benzene rings is 4. The van der Waals surface area contributed by atoms with Gasteiger partial charge in [0.15, 0.2) is 0 Å². The minimum atomic E-state index is -0.536. The van der Waals surface area contributed by atoms with Gasteiger partial charge in [-0.05, 0) is 47.5 Å². The van der Waals surface area contributed by atoms with Crippen LogP contribution in [-0.4, -0.2) is 42.5 Å². The highest BCUT2D eigenvalue weighted by Crippen LogP contribution is 2.36. The third-order valence-corrected chi connectivity index (χ3v) is 7.04.